The molecule has 0 atom stereocenters. The zero-order valence-corrected chi connectivity index (χ0v) is 13.2. The van der Waals surface area contributed by atoms with Gasteiger partial charge in [-0.1, -0.05) is 5.16 Å². The van der Waals surface area contributed by atoms with Crippen LogP contribution in [0, 0.1) is 13.8 Å². The predicted octanol–water partition coefficient (Wildman–Crippen LogP) is 1.19. The fourth-order valence-corrected chi connectivity index (χ4v) is 3.17. The summed E-state index contributed by atoms with van der Waals surface area (Å²) in [6.07, 6.45) is 0. The van der Waals surface area contributed by atoms with E-state index in [4.69, 9.17) is 14.0 Å². The average molecular weight is 329 g/mol. The molecule has 0 spiro atoms. The smallest absolute Gasteiger partial charge is 0.372 e. The summed E-state index contributed by atoms with van der Waals surface area (Å²) < 4.78 is 36.8. The molecule has 10 heteroatoms. The van der Waals surface area contributed by atoms with Crippen LogP contribution in [0.1, 0.15) is 41.7 Å². The Morgan fingerprint density at radius 2 is 2.00 bits per heavy atom. The molecule has 0 amide bonds. The summed E-state index contributed by atoms with van der Waals surface area (Å²) in [6, 6.07) is 1.14. The highest BCUT2D eigenvalue weighted by molar-refractivity contribution is 7.89. The molecule has 0 aliphatic heterocycles. The third kappa shape index (κ3) is 3.02. The molecule has 0 aliphatic carbocycles. The van der Waals surface area contributed by atoms with E-state index in [2.05, 4.69) is 14.9 Å². The van der Waals surface area contributed by atoms with Crippen molar-refractivity contribution in [2.45, 2.75) is 38.3 Å². The first-order chi connectivity index (χ1) is 10.0. The summed E-state index contributed by atoms with van der Waals surface area (Å²) in [5.74, 6) is -1.32. The largest absolute Gasteiger partial charge is 0.475 e. The number of aromatic carboxylic acids is 1. The van der Waals surface area contributed by atoms with Crippen molar-refractivity contribution in [2.24, 2.45) is 0 Å². The van der Waals surface area contributed by atoms with Crippen LogP contribution >= 0.6 is 0 Å². The van der Waals surface area contributed by atoms with E-state index in [1.807, 2.05) is 0 Å². The molecule has 120 valence electrons. The summed E-state index contributed by atoms with van der Waals surface area (Å²) >= 11 is 0. The Morgan fingerprint density at radius 3 is 2.45 bits per heavy atom. The summed E-state index contributed by atoms with van der Waals surface area (Å²) in [5, 5.41) is 12.1. The lowest BCUT2D eigenvalue weighted by Gasteiger charge is -2.21. The lowest BCUT2D eigenvalue weighted by Crippen LogP contribution is -2.41. The number of carboxylic acids is 1. The first-order valence-corrected chi connectivity index (χ1v) is 7.70. The van der Waals surface area contributed by atoms with Gasteiger partial charge in [0.1, 0.15) is 0 Å². The van der Waals surface area contributed by atoms with Crippen LogP contribution in [0.15, 0.2) is 20.1 Å². The number of aryl methyl sites for hydroxylation is 2. The first-order valence-electron chi connectivity index (χ1n) is 6.21. The van der Waals surface area contributed by atoms with Gasteiger partial charge >= 0.3 is 5.97 Å². The van der Waals surface area contributed by atoms with Crippen LogP contribution in [0.2, 0.25) is 0 Å². The number of carbonyl (C=O) groups is 1. The normalized spacial score (nSPS) is 12.5. The van der Waals surface area contributed by atoms with Gasteiger partial charge in [-0.15, -0.1) is 0 Å². The maximum atomic E-state index is 12.3. The van der Waals surface area contributed by atoms with Crippen LogP contribution in [0.25, 0.3) is 0 Å². The molecular formula is C12H15N3O6S. The highest BCUT2D eigenvalue weighted by atomic mass is 32.2. The van der Waals surface area contributed by atoms with Gasteiger partial charge in [-0.3, -0.25) is 0 Å². The van der Waals surface area contributed by atoms with Gasteiger partial charge in [0.15, 0.2) is 5.82 Å². The third-order valence-electron chi connectivity index (χ3n) is 2.83. The van der Waals surface area contributed by atoms with Crippen molar-refractivity contribution in [2.75, 3.05) is 0 Å². The van der Waals surface area contributed by atoms with Gasteiger partial charge in [-0.05, 0) is 20.8 Å². The van der Waals surface area contributed by atoms with Crippen molar-refractivity contribution < 1.29 is 27.3 Å². The molecule has 0 aromatic carbocycles. The SMILES string of the molecule is Cc1nc(C(C)(C)NS(=O)(=O)c2cc(C)c(C(=O)O)o2)no1. The molecular weight excluding hydrogens is 314 g/mol. The van der Waals surface area contributed by atoms with E-state index in [9.17, 15) is 13.2 Å². The molecule has 22 heavy (non-hydrogen) atoms. The van der Waals surface area contributed by atoms with Gasteiger partial charge in [0.25, 0.3) is 10.0 Å². The second kappa shape index (κ2) is 5.21. The van der Waals surface area contributed by atoms with Crippen molar-refractivity contribution in [1.29, 1.82) is 0 Å². The molecule has 0 aliphatic rings. The van der Waals surface area contributed by atoms with Crippen molar-refractivity contribution in [1.82, 2.24) is 14.9 Å². The lowest BCUT2D eigenvalue weighted by molar-refractivity contribution is 0.0655. The third-order valence-corrected chi connectivity index (χ3v) is 4.34. The monoisotopic (exact) mass is 329 g/mol. The van der Waals surface area contributed by atoms with Crippen LogP contribution < -0.4 is 4.72 Å². The van der Waals surface area contributed by atoms with E-state index < -0.39 is 32.4 Å². The quantitative estimate of drug-likeness (QED) is 0.835. The van der Waals surface area contributed by atoms with E-state index in [1.54, 1.807) is 20.8 Å². The molecule has 0 saturated carbocycles. The van der Waals surface area contributed by atoms with Gasteiger partial charge in [0, 0.05) is 18.6 Å². The molecule has 2 aromatic heterocycles. The van der Waals surface area contributed by atoms with Crippen molar-refractivity contribution in [3.05, 3.63) is 29.1 Å². The van der Waals surface area contributed by atoms with Crippen LogP contribution in [0.4, 0.5) is 0 Å². The molecule has 0 saturated heterocycles. The zero-order valence-electron chi connectivity index (χ0n) is 12.4. The Labute approximate surface area is 126 Å². The highest BCUT2D eigenvalue weighted by Crippen LogP contribution is 2.24. The standard InChI is InChI=1S/C12H15N3O6S/c1-6-5-8(20-9(6)10(16)17)22(18,19)15-12(3,4)11-13-7(2)21-14-11/h5,15H,1-4H3,(H,16,17). The molecule has 2 rings (SSSR count). The van der Waals surface area contributed by atoms with Gasteiger partial charge < -0.3 is 14.0 Å². The fourth-order valence-electron chi connectivity index (χ4n) is 1.78. The van der Waals surface area contributed by atoms with E-state index in [-0.39, 0.29) is 11.4 Å². The van der Waals surface area contributed by atoms with Crippen molar-refractivity contribution in [3.63, 3.8) is 0 Å². The summed E-state index contributed by atoms with van der Waals surface area (Å²) in [4.78, 5) is 14.9. The highest BCUT2D eigenvalue weighted by Gasteiger charge is 2.34. The van der Waals surface area contributed by atoms with Crippen LogP contribution in [0.5, 0.6) is 0 Å². The van der Waals surface area contributed by atoms with E-state index >= 15 is 0 Å². The molecule has 0 radical (unpaired) electrons. The number of nitrogens with zero attached hydrogens (tertiary/aromatic N) is 2. The maximum Gasteiger partial charge on any atom is 0.372 e. The number of aromatic nitrogens is 2. The molecule has 2 aromatic rings. The number of hydrogen-bond donors (Lipinski definition) is 2. The van der Waals surface area contributed by atoms with Crippen LogP contribution in [-0.4, -0.2) is 29.6 Å². The van der Waals surface area contributed by atoms with E-state index in [1.165, 1.54) is 6.92 Å². The van der Waals surface area contributed by atoms with Gasteiger partial charge in [0.05, 0.1) is 5.54 Å². The van der Waals surface area contributed by atoms with Crippen molar-refractivity contribution >= 4 is 16.0 Å². The van der Waals surface area contributed by atoms with Crippen LogP contribution in [-0.2, 0) is 15.6 Å². The minimum Gasteiger partial charge on any atom is -0.475 e. The van der Waals surface area contributed by atoms with E-state index in [0.29, 0.717) is 5.89 Å². The minimum absolute atomic E-state index is 0.148. The molecule has 0 bridgehead atoms. The predicted molar refractivity (Wildman–Crippen MR) is 72.8 cm³/mol. The summed E-state index contributed by atoms with van der Waals surface area (Å²) in [5.41, 5.74) is -0.957. The number of hydrogen-bond acceptors (Lipinski definition) is 7. The van der Waals surface area contributed by atoms with Crippen LogP contribution in [0.3, 0.4) is 0 Å². The minimum atomic E-state index is -4.09. The maximum absolute atomic E-state index is 12.3. The van der Waals surface area contributed by atoms with Crippen molar-refractivity contribution in [3.8, 4) is 0 Å². The van der Waals surface area contributed by atoms with Gasteiger partial charge in [-0.25, -0.2) is 13.2 Å². The Balaban J connectivity index is 2.35. The van der Waals surface area contributed by atoms with Gasteiger partial charge in [-0.2, -0.15) is 9.71 Å². The number of furan rings is 1. The summed E-state index contributed by atoms with van der Waals surface area (Å²) in [7, 11) is -4.09. The number of sulfonamides is 1. The van der Waals surface area contributed by atoms with Gasteiger partial charge in [0.2, 0.25) is 16.7 Å². The molecule has 9 nitrogen and oxygen atoms in total. The number of nitrogens with one attached hydrogen (secondary N) is 1. The molecule has 0 unspecified atom stereocenters. The Kier molecular flexibility index (Phi) is 3.83. The number of rotatable bonds is 5. The average Bonchev–Trinajstić information content (AvgIpc) is 2.94. The Bertz CT molecular complexity index is 818. The first kappa shape index (κ1) is 16.2. The Hall–Kier alpha value is -2.20. The lowest BCUT2D eigenvalue weighted by atomic mass is 10.1. The molecule has 2 heterocycles. The summed E-state index contributed by atoms with van der Waals surface area (Å²) in [6.45, 7) is 6.11. The second-order valence-electron chi connectivity index (χ2n) is 5.25. The fraction of sp³-hybridized carbons (Fsp3) is 0.417. The Morgan fingerprint density at radius 1 is 1.36 bits per heavy atom. The second-order valence-corrected chi connectivity index (χ2v) is 6.86. The zero-order chi connectivity index (χ0) is 16.7. The molecule has 2 N–H and O–H groups in total. The topological polar surface area (TPSA) is 136 Å². The van der Waals surface area contributed by atoms with E-state index in [0.717, 1.165) is 6.07 Å². The number of carboxylic acid groups (broad SMARTS) is 1. The molecule has 0 fully saturated rings.